The summed E-state index contributed by atoms with van der Waals surface area (Å²) >= 11 is 0. The van der Waals surface area contributed by atoms with Crippen molar-refractivity contribution in [3.63, 3.8) is 0 Å². The highest BCUT2D eigenvalue weighted by atomic mass is 16.5. The molecule has 0 N–H and O–H groups in total. The van der Waals surface area contributed by atoms with E-state index in [1.807, 2.05) is 89.3 Å². The van der Waals surface area contributed by atoms with Gasteiger partial charge in [0.25, 0.3) is 0 Å². The van der Waals surface area contributed by atoms with Crippen LogP contribution in [0.1, 0.15) is 38.9 Å². The number of hydrogen-bond acceptors (Lipinski definition) is 3. The van der Waals surface area contributed by atoms with Crippen LogP contribution < -0.4 is 0 Å². The number of hydrogen-bond donors (Lipinski definition) is 0. The molecule has 186 valence electrons. The lowest BCUT2D eigenvalue weighted by molar-refractivity contribution is 0.0524. The molecule has 5 nitrogen and oxygen atoms in total. The van der Waals surface area contributed by atoms with Crippen LogP contribution in [0.25, 0.3) is 27.8 Å². The van der Waals surface area contributed by atoms with Gasteiger partial charge in [-0.1, -0.05) is 103 Å². The number of ether oxygens (including phenoxy) is 1. The van der Waals surface area contributed by atoms with E-state index in [1.54, 1.807) is 19.1 Å². The van der Waals surface area contributed by atoms with Crippen molar-refractivity contribution >= 4 is 28.4 Å². The molecular weight excluding hydrogens is 472 g/mol. The zero-order valence-corrected chi connectivity index (χ0v) is 21.0. The minimum absolute atomic E-state index is 0.205. The first-order chi connectivity index (χ1) is 18.7. The summed E-state index contributed by atoms with van der Waals surface area (Å²) in [7, 11) is 0. The van der Waals surface area contributed by atoms with Gasteiger partial charge in [-0.3, -0.25) is 9.20 Å². The van der Waals surface area contributed by atoms with E-state index in [4.69, 9.17) is 4.74 Å². The van der Waals surface area contributed by atoms with Crippen molar-refractivity contribution in [2.75, 3.05) is 6.61 Å². The number of ketones is 1. The third-order valence-corrected chi connectivity index (χ3v) is 6.79. The number of imidazole rings is 1. The Bertz CT molecular complexity index is 1770. The van der Waals surface area contributed by atoms with Crippen LogP contribution in [-0.4, -0.2) is 27.3 Å². The molecule has 38 heavy (non-hydrogen) atoms. The number of esters is 1. The Morgan fingerprint density at radius 3 is 1.95 bits per heavy atom. The number of carbonyl (C=O) groups excluding carboxylic acids is 2. The predicted octanol–water partition coefficient (Wildman–Crippen LogP) is 7.02. The van der Waals surface area contributed by atoms with Crippen LogP contribution in [0.5, 0.6) is 0 Å². The topological polar surface area (TPSA) is 52.7 Å². The first-order valence-corrected chi connectivity index (χ1v) is 12.7. The highest BCUT2D eigenvalue weighted by Crippen LogP contribution is 2.39. The van der Waals surface area contributed by atoms with Gasteiger partial charge in [-0.05, 0) is 30.2 Å². The molecule has 0 saturated carbocycles. The molecule has 6 rings (SSSR count). The SMILES string of the molecule is CCOC(=O)c1c(-c2ccccc2)c2n(Cc3ccccc3)c3ccccc3n2c1C(=O)c1ccccc1. The second-order valence-corrected chi connectivity index (χ2v) is 9.10. The third kappa shape index (κ3) is 3.89. The smallest absolute Gasteiger partial charge is 0.341 e. The van der Waals surface area contributed by atoms with E-state index < -0.39 is 5.97 Å². The molecule has 0 aliphatic heterocycles. The first kappa shape index (κ1) is 23.5. The molecule has 5 heteroatoms. The lowest BCUT2D eigenvalue weighted by Crippen LogP contribution is -2.14. The Morgan fingerprint density at radius 1 is 0.711 bits per heavy atom. The fourth-order valence-corrected chi connectivity index (χ4v) is 5.19. The van der Waals surface area contributed by atoms with Gasteiger partial charge in [-0.15, -0.1) is 0 Å². The Kier molecular flexibility index (Phi) is 6.10. The Hall–Kier alpha value is -4.90. The molecular formula is C33H26N2O3. The van der Waals surface area contributed by atoms with Gasteiger partial charge < -0.3 is 9.30 Å². The molecule has 0 atom stereocenters. The molecule has 0 aliphatic rings. The normalized spacial score (nSPS) is 11.2. The van der Waals surface area contributed by atoms with Crippen LogP contribution >= 0.6 is 0 Å². The van der Waals surface area contributed by atoms with Crippen molar-refractivity contribution in [2.24, 2.45) is 0 Å². The maximum atomic E-state index is 14.2. The summed E-state index contributed by atoms with van der Waals surface area (Å²) in [4.78, 5) is 27.9. The van der Waals surface area contributed by atoms with E-state index in [2.05, 4.69) is 22.8 Å². The Balaban J connectivity index is 1.79. The van der Waals surface area contributed by atoms with Gasteiger partial charge in [0, 0.05) is 17.7 Å². The highest BCUT2D eigenvalue weighted by molar-refractivity contribution is 6.19. The van der Waals surface area contributed by atoms with E-state index in [9.17, 15) is 9.59 Å². The fraction of sp³-hybridized carbons (Fsp3) is 0.0909. The van der Waals surface area contributed by atoms with Crippen LogP contribution in [0.15, 0.2) is 115 Å². The monoisotopic (exact) mass is 498 g/mol. The molecule has 4 aromatic carbocycles. The van der Waals surface area contributed by atoms with Crippen LogP contribution in [-0.2, 0) is 11.3 Å². The largest absolute Gasteiger partial charge is 0.462 e. The molecule has 2 aromatic heterocycles. The fourth-order valence-electron chi connectivity index (χ4n) is 5.19. The number of nitrogens with zero attached hydrogens (tertiary/aromatic N) is 2. The molecule has 0 bridgehead atoms. The molecule has 0 saturated heterocycles. The second-order valence-electron chi connectivity index (χ2n) is 9.10. The quantitative estimate of drug-likeness (QED) is 0.176. The van der Waals surface area contributed by atoms with Gasteiger partial charge in [0.1, 0.15) is 11.3 Å². The van der Waals surface area contributed by atoms with Gasteiger partial charge in [-0.25, -0.2) is 4.79 Å². The molecule has 2 heterocycles. The number of rotatable bonds is 7. The van der Waals surface area contributed by atoms with Crippen LogP contribution in [0, 0.1) is 0 Å². The summed E-state index contributed by atoms with van der Waals surface area (Å²) in [5.41, 5.74) is 6.37. The first-order valence-electron chi connectivity index (χ1n) is 12.7. The average Bonchev–Trinajstić information content (AvgIpc) is 3.48. The van der Waals surface area contributed by atoms with E-state index >= 15 is 0 Å². The van der Waals surface area contributed by atoms with Gasteiger partial charge >= 0.3 is 5.97 Å². The molecule has 0 radical (unpaired) electrons. The maximum Gasteiger partial charge on any atom is 0.341 e. The Morgan fingerprint density at radius 2 is 1.29 bits per heavy atom. The molecule has 0 aliphatic carbocycles. The number of benzene rings is 4. The second kappa shape index (κ2) is 9.87. The average molecular weight is 499 g/mol. The molecule has 0 fully saturated rings. The van der Waals surface area contributed by atoms with Gasteiger partial charge in [-0.2, -0.15) is 0 Å². The highest BCUT2D eigenvalue weighted by Gasteiger charge is 2.33. The zero-order chi connectivity index (χ0) is 26.1. The van der Waals surface area contributed by atoms with E-state index in [0.29, 0.717) is 23.4 Å². The van der Waals surface area contributed by atoms with Gasteiger partial charge in [0.15, 0.2) is 0 Å². The third-order valence-electron chi connectivity index (χ3n) is 6.79. The summed E-state index contributed by atoms with van der Waals surface area (Å²) in [6.07, 6.45) is 0. The van der Waals surface area contributed by atoms with Crippen molar-refractivity contribution in [1.29, 1.82) is 0 Å². The summed E-state index contributed by atoms with van der Waals surface area (Å²) in [6.45, 7) is 2.55. The summed E-state index contributed by atoms with van der Waals surface area (Å²) < 4.78 is 9.71. The number of para-hydroxylation sites is 2. The van der Waals surface area contributed by atoms with E-state index in [1.165, 1.54) is 0 Å². The lowest BCUT2D eigenvalue weighted by atomic mass is 9.98. The van der Waals surface area contributed by atoms with Crippen molar-refractivity contribution in [3.05, 3.63) is 138 Å². The van der Waals surface area contributed by atoms with Crippen molar-refractivity contribution in [2.45, 2.75) is 13.5 Å². The summed E-state index contributed by atoms with van der Waals surface area (Å²) in [5, 5.41) is 0. The molecule has 0 amide bonds. The van der Waals surface area contributed by atoms with Gasteiger partial charge in [0.2, 0.25) is 5.78 Å². The van der Waals surface area contributed by atoms with Crippen molar-refractivity contribution in [3.8, 4) is 11.1 Å². The van der Waals surface area contributed by atoms with Crippen molar-refractivity contribution in [1.82, 2.24) is 8.97 Å². The number of fused-ring (bicyclic) bond motifs is 3. The van der Waals surface area contributed by atoms with Gasteiger partial charge in [0.05, 0.1) is 23.2 Å². The minimum Gasteiger partial charge on any atom is -0.462 e. The molecule has 0 spiro atoms. The standard InChI is InChI=1S/C33H26N2O3/c1-2-38-33(37)29-28(24-16-8-4-9-17-24)32-34(22-23-14-6-3-7-15-23)26-20-12-13-21-27(26)35(32)30(29)31(36)25-18-10-5-11-19-25/h3-21H,2,22H2,1H3. The van der Waals surface area contributed by atoms with Crippen LogP contribution in [0.3, 0.4) is 0 Å². The van der Waals surface area contributed by atoms with E-state index in [0.717, 1.165) is 27.8 Å². The zero-order valence-electron chi connectivity index (χ0n) is 21.0. The lowest BCUT2D eigenvalue weighted by Gasteiger charge is -2.11. The maximum absolute atomic E-state index is 14.2. The number of aromatic nitrogens is 2. The minimum atomic E-state index is -0.510. The van der Waals surface area contributed by atoms with Crippen LogP contribution in [0.2, 0.25) is 0 Å². The molecule has 0 unspecified atom stereocenters. The predicted molar refractivity (Wildman–Crippen MR) is 150 cm³/mol. The Labute approximate surface area is 220 Å². The summed E-state index contributed by atoms with van der Waals surface area (Å²) in [6, 6.07) is 37.1. The molecule has 6 aromatic rings. The van der Waals surface area contributed by atoms with Crippen LogP contribution in [0.4, 0.5) is 0 Å². The van der Waals surface area contributed by atoms with E-state index in [-0.39, 0.29) is 18.0 Å². The van der Waals surface area contributed by atoms with Crippen molar-refractivity contribution < 1.29 is 14.3 Å². The summed E-state index contributed by atoms with van der Waals surface area (Å²) in [5.74, 6) is -0.738. The number of carbonyl (C=O) groups is 2.